The Morgan fingerprint density at radius 1 is 1.15 bits per heavy atom. The predicted octanol–water partition coefficient (Wildman–Crippen LogP) is 2.86. The van der Waals surface area contributed by atoms with Gasteiger partial charge in [-0.15, -0.1) is 0 Å². The topological polar surface area (TPSA) is 110 Å². The van der Waals surface area contributed by atoms with Crippen molar-refractivity contribution in [1.82, 2.24) is 4.90 Å². The van der Waals surface area contributed by atoms with E-state index in [1.54, 1.807) is 4.90 Å². The summed E-state index contributed by atoms with van der Waals surface area (Å²) in [5.41, 5.74) is -1.58. The maximum atomic E-state index is 13.0. The quantitative estimate of drug-likeness (QED) is 0.654. The van der Waals surface area contributed by atoms with E-state index in [0.717, 1.165) is 37.8 Å². The van der Waals surface area contributed by atoms with Gasteiger partial charge in [-0.1, -0.05) is 12.8 Å². The second-order valence-electron chi connectivity index (χ2n) is 7.74. The third kappa shape index (κ3) is 3.55. The molecule has 1 aliphatic carbocycles. The summed E-state index contributed by atoms with van der Waals surface area (Å²) in [7, 11) is 0. The number of carbonyl (C=O) groups is 2. The van der Waals surface area contributed by atoms with Crippen LogP contribution in [0.3, 0.4) is 0 Å². The van der Waals surface area contributed by atoms with Crippen LogP contribution in [0.2, 0.25) is 0 Å². The van der Waals surface area contributed by atoms with E-state index >= 15 is 0 Å². The molecule has 8 heteroatoms. The highest BCUT2D eigenvalue weighted by Crippen LogP contribution is 2.41. The highest BCUT2D eigenvalue weighted by atomic mass is 16.6. The summed E-state index contributed by atoms with van der Waals surface area (Å²) < 4.78 is 6.27. The third-order valence-corrected chi connectivity index (χ3v) is 4.97. The van der Waals surface area contributed by atoms with Crippen molar-refractivity contribution in [3.05, 3.63) is 39.4 Å². The van der Waals surface area contributed by atoms with Crippen LogP contribution in [-0.2, 0) is 4.74 Å². The number of hydrogen-bond acceptors (Lipinski definition) is 5. The van der Waals surface area contributed by atoms with Crippen molar-refractivity contribution < 1.29 is 24.4 Å². The number of morpholine rings is 1. The smallest absolute Gasteiger partial charge is 0.335 e. The largest absolute Gasteiger partial charge is 0.478 e. The first-order valence-electron chi connectivity index (χ1n) is 8.63. The van der Waals surface area contributed by atoms with Crippen LogP contribution < -0.4 is 0 Å². The normalized spacial score (nSPS) is 20.9. The number of carboxylic acid groups (broad SMARTS) is 1. The molecule has 1 aromatic rings. The van der Waals surface area contributed by atoms with Gasteiger partial charge in [0.1, 0.15) is 0 Å². The van der Waals surface area contributed by atoms with Crippen LogP contribution in [0.15, 0.2) is 18.2 Å². The molecule has 1 spiro atoms. The molecule has 1 saturated heterocycles. The molecule has 0 bridgehead atoms. The van der Waals surface area contributed by atoms with Crippen molar-refractivity contribution in [2.75, 3.05) is 13.1 Å². The highest BCUT2D eigenvalue weighted by Gasteiger charge is 2.47. The Bertz CT molecular complexity index is 735. The molecule has 1 saturated carbocycles. The molecule has 1 aliphatic heterocycles. The van der Waals surface area contributed by atoms with E-state index in [2.05, 4.69) is 0 Å². The lowest BCUT2D eigenvalue weighted by Crippen LogP contribution is -2.60. The summed E-state index contributed by atoms with van der Waals surface area (Å²) in [5.74, 6) is -1.71. The Balaban J connectivity index is 1.95. The molecule has 1 aromatic carbocycles. The van der Waals surface area contributed by atoms with Crippen molar-refractivity contribution in [2.24, 2.45) is 0 Å². The van der Waals surface area contributed by atoms with Crippen molar-refractivity contribution in [3.63, 3.8) is 0 Å². The average Bonchev–Trinajstić information content (AvgIpc) is 2.99. The zero-order valence-electron chi connectivity index (χ0n) is 14.9. The molecule has 1 amide bonds. The Morgan fingerprint density at radius 3 is 2.35 bits per heavy atom. The number of non-ortho nitro benzene ring substituents is 1. The summed E-state index contributed by atoms with van der Waals surface area (Å²) in [5, 5.41) is 20.3. The standard InChI is InChI=1S/C18H22N2O6/c1-17(2)10-19(11-18(26-17)5-3-4-6-18)15(21)12-7-13(16(22)23)9-14(8-12)20(24)25/h7-9H,3-6,10-11H2,1-2H3,(H,22,23). The van der Waals surface area contributed by atoms with Crippen molar-refractivity contribution in [2.45, 2.75) is 50.7 Å². The van der Waals surface area contributed by atoms with E-state index in [1.807, 2.05) is 13.8 Å². The maximum absolute atomic E-state index is 13.0. The number of ether oxygens (including phenoxy) is 1. The lowest BCUT2D eigenvalue weighted by Gasteiger charge is -2.48. The Labute approximate surface area is 150 Å². The number of benzene rings is 1. The minimum atomic E-state index is -1.31. The van der Waals surface area contributed by atoms with Gasteiger partial charge in [-0.2, -0.15) is 0 Å². The van der Waals surface area contributed by atoms with Gasteiger partial charge in [0.25, 0.3) is 11.6 Å². The molecule has 2 fully saturated rings. The number of amides is 1. The molecule has 1 N–H and O–H groups in total. The van der Waals surface area contributed by atoms with Crippen LogP contribution in [0.25, 0.3) is 0 Å². The molecule has 26 heavy (non-hydrogen) atoms. The van der Waals surface area contributed by atoms with E-state index in [9.17, 15) is 24.8 Å². The predicted molar refractivity (Wildman–Crippen MR) is 92.3 cm³/mol. The fourth-order valence-electron chi connectivity index (χ4n) is 4.08. The third-order valence-electron chi connectivity index (χ3n) is 4.97. The van der Waals surface area contributed by atoms with E-state index in [-0.39, 0.29) is 16.7 Å². The lowest BCUT2D eigenvalue weighted by molar-refractivity contribution is -0.384. The Hall–Kier alpha value is -2.48. The lowest BCUT2D eigenvalue weighted by atomic mass is 9.93. The molecule has 3 rings (SSSR count). The van der Waals surface area contributed by atoms with Crippen LogP contribution in [0.5, 0.6) is 0 Å². The molecule has 1 heterocycles. The summed E-state index contributed by atoms with van der Waals surface area (Å²) in [6.07, 6.45) is 3.82. The van der Waals surface area contributed by atoms with Crippen LogP contribution in [0.1, 0.15) is 60.2 Å². The Morgan fingerprint density at radius 2 is 1.77 bits per heavy atom. The van der Waals surface area contributed by atoms with E-state index in [1.165, 1.54) is 6.07 Å². The first-order valence-corrected chi connectivity index (χ1v) is 8.63. The molecular formula is C18H22N2O6. The minimum absolute atomic E-state index is 0.0162. The van der Waals surface area contributed by atoms with Crippen molar-refractivity contribution >= 4 is 17.6 Å². The van der Waals surface area contributed by atoms with Gasteiger partial charge < -0.3 is 14.7 Å². The number of hydrogen-bond donors (Lipinski definition) is 1. The van der Waals surface area contributed by atoms with E-state index < -0.39 is 28.1 Å². The number of nitrogens with zero attached hydrogens (tertiary/aromatic N) is 2. The van der Waals surface area contributed by atoms with Gasteiger partial charge in [0, 0.05) is 24.2 Å². The van der Waals surface area contributed by atoms with E-state index in [4.69, 9.17) is 4.74 Å². The molecule has 0 aromatic heterocycles. The van der Waals surface area contributed by atoms with E-state index in [0.29, 0.717) is 13.1 Å². The van der Waals surface area contributed by atoms with Gasteiger partial charge in [-0.3, -0.25) is 14.9 Å². The second kappa shape index (κ2) is 6.35. The molecule has 8 nitrogen and oxygen atoms in total. The SMILES string of the molecule is CC1(C)CN(C(=O)c2cc(C(=O)O)cc([N+](=O)[O-])c2)CC2(CCCC2)O1. The number of nitro benzene ring substituents is 1. The zero-order chi connectivity index (χ0) is 19.1. The number of rotatable bonds is 3. The van der Waals surface area contributed by atoms with Gasteiger partial charge in [0.15, 0.2) is 0 Å². The first-order chi connectivity index (χ1) is 12.1. The average molecular weight is 362 g/mol. The fourth-order valence-corrected chi connectivity index (χ4v) is 4.08. The fraction of sp³-hybridized carbons (Fsp3) is 0.556. The van der Waals surface area contributed by atoms with Crippen LogP contribution in [0, 0.1) is 10.1 Å². The van der Waals surface area contributed by atoms with Gasteiger partial charge >= 0.3 is 5.97 Å². The number of carboxylic acids is 1. The first kappa shape index (κ1) is 18.3. The maximum Gasteiger partial charge on any atom is 0.335 e. The Kier molecular flexibility index (Phi) is 4.47. The molecule has 0 unspecified atom stereocenters. The molecule has 140 valence electrons. The molecule has 2 aliphatic rings. The zero-order valence-corrected chi connectivity index (χ0v) is 14.9. The van der Waals surface area contributed by atoms with Crippen LogP contribution in [-0.4, -0.2) is 51.1 Å². The van der Waals surface area contributed by atoms with Gasteiger partial charge in [-0.05, 0) is 32.8 Å². The highest BCUT2D eigenvalue weighted by molar-refractivity contribution is 5.98. The summed E-state index contributed by atoms with van der Waals surface area (Å²) in [6, 6.07) is 3.29. The molecular weight excluding hydrogens is 340 g/mol. The van der Waals surface area contributed by atoms with Gasteiger partial charge in [-0.25, -0.2) is 4.79 Å². The van der Waals surface area contributed by atoms with Gasteiger partial charge in [0.2, 0.25) is 0 Å². The minimum Gasteiger partial charge on any atom is -0.478 e. The number of carbonyl (C=O) groups excluding carboxylic acids is 1. The van der Waals surface area contributed by atoms with Gasteiger partial charge in [0.05, 0.1) is 28.2 Å². The molecule has 0 radical (unpaired) electrons. The molecule has 0 atom stereocenters. The van der Waals surface area contributed by atoms with Crippen LogP contribution >= 0.6 is 0 Å². The number of nitro groups is 1. The second-order valence-corrected chi connectivity index (χ2v) is 7.74. The van der Waals surface area contributed by atoms with Crippen molar-refractivity contribution in [3.8, 4) is 0 Å². The summed E-state index contributed by atoms with van der Waals surface area (Å²) in [4.78, 5) is 36.3. The monoisotopic (exact) mass is 362 g/mol. The summed E-state index contributed by atoms with van der Waals surface area (Å²) >= 11 is 0. The summed E-state index contributed by atoms with van der Waals surface area (Å²) in [6.45, 7) is 4.60. The number of aromatic carboxylic acids is 1. The van der Waals surface area contributed by atoms with Crippen LogP contribution in [0.4, 0.5) is 5.69 Å². The van der Waals surface area contributed by atoms with Crippen molar-refractivity contribution in [1.29, 1.82) is 0 Å².